The maximum atomic E-state index is 13.5. The Hall–Kier alpha value is -3.92. The van der Waals surface area contributed by atoms with Crippen LogP contribution < -0.4 is 0 Å². The van der Waals surface area contributed by atoms with Crippen LogP contribution in [-0.4, -0.2) is 47.5 Å². The van der Waals surface area contributed by atoms with Crippen LogP contribution >= 0.6 is 11.3 Å². The lowest BCUT2D eigenvalue weighted by Gasteiger charge is -2.32. The van der Waals surface area contributed by atoms with Crippen LogP contribution in [0.2, 0.25) is 0 Å². The summed E-state index contributed by atoms with van der Waals surface area (Å²) >= 11 is 1.56. The van der Waals surface area contributed by atoms with Gasteiger partial charge < -0.3 is 14.3 Å². The normalized spacial score (nSPS) is 15.8. The number of benzene rings is 1. The van der Waals surface area contributed by atoms with E-state index in [4.69, 9.17) is 9.40 Å². The number of thiazole rings is 1. The topological polar surface area (TPSA) is 114 Å². The molecule has 1 atom stereocenters. The van der Waals surface area contributed by atoms with Crippen LogP contribution in [0.15, 0.2) is 53.3 Å². The Morgan fingerprint density at radius 3 is 2.94 bits per heavy atom. The molecule has 32 heavy (non-hydrogen) atoms. The van der Waals surface area contributed by atoms with E-state index in [0.717, 1.165) is 32.2 Å². The summed E-state index contributed by atoms with van der Waals surface area (Å²) in [6.07, 6.45) is 4.03. The number of nitrogens with one attached hydrogen (secondary N) is 1. The van der Waals surface area contributed by atoms with E-state index in [0.29, 0.717) is 18.7 Å². The number of amides is 1. The Labute approximate surface area is 186 Å². The standard InChI is InChI=1S/C22H17N7O2S/c1-12-6-7-15(23-10-12)19-27-28-20(31-19)22(30)29-9-8-14-17(25-11-24-14)18(29)21-26-13-4-2-3-5-16(13)32-21/h2-7,10-11,18H,8-9H2,1H3,(H,24,25)/t18-/m0/s1. The van der Waals surface area contributed by atoms with E-state index in [-0.39, 0.29) is 17.7 Å². The number of aryl methyl sites for hydroxylation is 1. The summed E-state index contributed by atoms with van der Waals surface area (Å²) in [5.41, 5.74) is 4.24. The van der Waals surface area contributed by atoms with Gasteiger partial charge in [0.2, 0.25) is 0 Å². The number of H-pyrrole nitrogens is 1. The number of hydrogen-bond donors (Lipinski definition) is 1. The lowest BCUT2D eigenvalue weighted by molar-refractivity contribution is 0.0650. The molecule has 0 fully saturated rings. The molecule has 0 unspecified atom stereocenters. The minimum Gasteiger partial charge on any atom is -0.411 e. The van der Waals surface area contributed by atoms with Gasteiger partial charge in [0.05, 0.1) is 22.2 Å². The molecule has 6 rings (SSSR count). The first-order valence-corrected chi connectivity index (χ1v) is 10.9. The first-order chi connectivity index (χ1) is 15.7. The van der Waals surface area contributed by atoms with Gasteiger partial charge in [0.15, 0.2) is 0 Å². The van der Waals surface area contributed by atoms with Crippen molar-refractivity contribution in [2.24, 2.45) is 0 Å². The van der Waals surface area contributed by atoms with Crippen molar-refractivity contribution in [1.29, 1.82) is 0 Å². The third-order valence-electron chi connectivity index (χ3n) is 5.47. The smallest absolute Gasteiger partial charge is 0.312 e. The third-order valence-corrected chi connectivity index (χ3v) is 6.56. The van der Waals surface area contributed by atoms with Gasteiger partial charge in [-0.3, -0.25) is 9.78 Å². The molecule has 9 nitrogen and oxygen atoms in total. The summed E-state index contributed by atoms with van der Waals surface area (Å²) in [5, 5.41) is 8.85. The second-order valence-corrected chi connectivity index (χ2v) is 8.63. The van der Waals surface area contributed by atoms with Gasteiger partial charge >= 0.3 is 11.8 Å². The molecule has 10 heteroatoms. The molecule has 5 heterocycles. The Morgan fingerprint density at radius 2 is 2.09 bits per heavy atom. The number of rotatable bonds is 3. The van der Waals surface area contributed by atoms with E-state index in [9.17, 15) is 4.79 Å². The van der Waals surface area contributed by atoms with E-state index in [1.165, 1.54) is 0 Å². The zero-order valence-electron chi connectivity index (χ0n) is 17.0. The largest absolute Gasteiger partial charge is 0.411 e. The molecule has 158 valence electrons. The molecule has 1 aliphatic rings. The van der Waals surface area contributed by atoms with Crippen LogP contribution in [0.4, 0.5) is 0 Å². The van der Waals surface area contributed by atoms with Gasteiger partial charge in [-0.05, 0) is 30.7 Å². The highest BCUT2D eigenvalue weighted by Crippen LogP contribution is 2.38. The van der Waals surface area contributed by atoms with E-state index in [1.54, 1.807) is 34.8 Å². The highest BCUT2D eigenvalue weighted by molar-refractivity contribution is 7.18. The SMILES string of the molecule is Cc1ccc(-c2nnc(C(=O)N3CCc4[nH]cnc4[C@H]3c3nc4ccccc4s3)o2)nc1. The molecule has 1 aliphatic heterocycles. The quantitative estimate of drug-likeness (QED) is 0.453. The maximum Gasteiger partial charge on any atom is 0.312 e. The fourth-order valence-electron chi connectivity index (χ4n) is 3.88. The molecule has 0 spiro atoms. The number of carbonyl (C=O) groups excluding carboxylic acids is 1. The minimum absolute atomic E-state index is 0.0764. The van der Waals surface area contributed by atoms with Crippen LogP contribution in [0.1, 0.15) is 38.7 Å². The summed E-state index contributed by atoms with van der Waals surface area (Å²) in [5.74, 6) is -0.219. The first kappa shape index (κ1) is 18.8. The Morgan fingerprint density at radius 1 is 1.19 bits per heavy atom. The Bertz CT molecular complexity index is 1400. The summed E-state index contributed by atoms with van der Waals surface area (Å²) in [6.45, 7) is 2.43. The molecule has 1 aromatic carbocycles. The lowest BCUT2D eigenvalue weighted by Crippen LogP contribution is -2.41. The summed E-state index contributed by atoms with van der Waals surface area (Å²) in [6, 6.07) is 11.2. The van der Waals surface area contributed by atoms with E-state index in [2.05, 4.69) is 25.1 Å². The Kier molecular flexibility index (Phi) is 4.32. The van der Waals surface area contributed by atoms with Crippen molar-refractivity contribution in [1.82, 2.24) is 35.0 Å². The zero-order valence-corrected chi connectivity index (χ0v) is 17.8. The van der Waals surface area contributed by atoms with Crippen LogP contribution in [0.5, 0.6) is 0 Å². The van der Waals surface area contributed by atoms with Crippen molar-refractivity contribution in [2.45, 2.75) is 19.4 Å². The average Bonchev–Trinajstić information content (AvgIpc) is 3.57. The molecule has 0 bridgehead atoms. The number of imidazole rings is 1. The van der Waals surface area contributed by atoms with Gasteiger partial charge in [-0.1, -0.05) is 18.2 Å². The highest BCUT2D eigenvalue weighted by Gasteiger charge is 2.38. The summed E-state index contributed by atoms with van der Waals surface area (Å²) in [4.78, 5) is 32.0. The molecule has 0 saturated heterocycles. The predicted molar refractivity (Wildman–Crippen MR) is 117 cm³/mol. The van der Waals surface area contributed by atoms with Crippen molar-refractivity contribution in [2.75, 3.05) is 6.54 Å². The summed E-state index contributed by atoms with van der Waals surface area (Å²) < 4.78 is 6.77. The van der Waals surface area contributed by atoms with Crippen LogP contribution in [0, 0.1) is 6.92 Å². The predicted octanol–water partition coefficient (Wildman–Crippen LogP) is 3.56. The molecule has 4 aromatic heterocycles. The molecule has 5 aromatic rings. The van der Waals surface area contributed by atoms with Crippen molar-refractivity contribution < 1.29 is 9.21 Å². The average molecular weight is 443 g/mol. The highest BCUT2D eigenvalue weighted by atomic mass is 32.1. The number of para-hydroxylation sites is 1. The molecule has 0 radical (unpaired) electrons. The second kappa shape index (κ2) is 7.34. The lowest BCUT2D eigenvalue weighted by atomic mass is 10.0. The number of nitrogens with zero attached hydrogens (tertiary/aromatic N) is 6. The number of pyridine rings is 1. The van der Waals surface area contributed by atoms with E-state index < -0.39 is 6.04 Å². The van der Waals surface area contributed by atoms with E-state index in [1.807, 2.05) is 37.3 Å². The first-order valence-electron chi connectivity index (χ1n) is 10.1. The molecule has 1 N–H and O–H groups in total. The van der Waals surface area contributed by atoms with Crippen LogP contribution in [0.3, 0.4) is 0 Å². The van der Waals surface area contributed by atoms with Crippen molar-refractivity contribution >= 4 is 27.5 Å². The molecule has 0 aliphatic carbocycles. The second-order valence-electron chi connectivity index (χ2n) is 7.57. The van der Waals surface area contributed by atoms with Crippen molar-refractivity contribution in [3.05, 3.63) is 76.8 Å². The van der Waals surface area contributed by atoms with Crippen LogP contribution in [0.25, 0.3) is 21.8 Å². The third kappa shape index (κ3) is 3.07. The minimum atomic E-state index is -0.428. The fourth-order valence-corrected chi connectivity index (χ4v) is 4.97. The number of hydrogen-bond acceptors (Lipinski definition) is 8. The van der Waals surface area contributed by atoms with Crippen molar-refractivity contribution in [3.8, 4) is 11.6 Å². The van der Waals surface area contributed by atoms with E-state index >= 15 is 0 Å². The number of carbonyl (C=O) groups is 1. The number of fused-ring (bicyclic) bond motifs is 2. The van der Waals surface area contributed by atoms with Gasteiger partial charge in [-0.15, -0.1) is 21.5 Å². The molecule has 1 amide bonds. The summed E-state index contributed by atoms with van der Waals surface area (Å²) in [7, 11) is 0. The fraction of sp³-hybridized carbons (Fsp3) is 0.182. The van der Waals surface area contributed by atoms with Gasteiger partial charge in [0.1, 0.15) is 16.7 Å². The Balaban J connectivity index is 1.38. The zero-order chi connectivity index (χ0) is 21.7. The van der Waals surface area contributed by atoms with Crippen LogP contribution in [-0.2, 0) is 6.42 Å². The van der Waals surface area contributed by atoms with Gasteiger partial charge in [0.25, 0.3) is 5.89 Å². The monoisotopic (exact) mass is 443 g/mol. The van der Waals surface area contributed by atoms with Gasteiger partial charge in [-0.25, -0.2) is 9.97 Å². The van der Waals surface area contributed by atoms with Gasteiger partial charge in [-0.2, -0.15) is 0 Å². The van der Waals surface area contributed by atoms with Gasteiger partial charge in [0, 0.05) is 24.9 Å². The molecular weight excluding hydrogens is 426 g/mol. The number of aromatic amines is 1. The number of aromatic nitrogens is 6. The molecular formula is C22H17N7O2S. The molecule has 0 saturated carbocycles. The maximum absolute atomic E-state index is 13.5. The van der Waals surface area contributed by atoms with Crippen molar-refractivity contribution in [3.63, 3.8) is 0 Å².